The minimum absolute atomic E-state index is 0.111. The highest BCUT2D eigenvalue weighted by molar-refractivity contribution is 5.73. The SMILES string of the molecule is CC(=O)N[C@@H]1C(C)(C)[C@@H]2C[C@@H]3[C@@H](Cc4ccccc4)OCC[C@@]31C2. The number of carbonyl (C=O) groups is 1. The summed E-state index contributed by atoms with van der Waals surface area (Å²) in [5, 5.41) is 3.34. The van der Waals surface area contributed by atoms with Crippen molar-refractivity contribution in [1.29, 1.82) is 0 Å². The van der Waals surface area contributed by atoms with Crippen LogP contribution in [0.15, 0.2) is 30.3 Å². The van der Waals surface area contributed by atoms with Crippen molar-refractivity contribution in [3.63, 3.8) is 0 Å². The van der Waals surface area contributed by atoms with E-state index in [-0.39, 0.29) is 22.8 Å². The monoisotopic (exact) mass is 327 g/mol. The van der Waals surface area contributed by atoms with Crippen molar-refractivity contribution in [1.82, 2.24) is 5.32 Å². The van der Waals surface area contributed by atoms with Gasteiger partial charge in [0.1, 0.15) is 0 Å². The second-order valence-electron chi connectivity index (χ2n) is 8.78. The molecule has 3 aliphatic rings. The molecule has 3 heteroatoms. The van der Waals surface area contributed by atoms with E-state index in [0.29, 0.717) is 17.9 Å². The van der Waals surface area contributed by atoms with Gasteiger partial charge in [-0.15, -0.1) is 0 Å². The van der Waals surface area contributed by atoms with Gasteiger partial charge in [0.15, 0.2) is 0 Å². The lowest BCUT2D eigenvalue weighted by molar-refractivity contribution is -0.134. The maximum absolute atomic E-state index is 11.9. The molecule has 1 saturated heterocycles. The van der Waals surface area contributed by atoms with Crippen LogP contribution in [0.2, 0.25) is 0 Å². The summed E-state index contributed by atoms with van der Waals surface area (Å²) in [5.74, 6) is 1.38. The molecular formula is C21H29NO2. The minimum Gasteiger partial charge on any atom is -0.378 e. The number of hydrogen-bond acceptors (Lipinski definition) is 2. The molecule has 1 spiro atoms. The molecule has 1 heterocycles. The quantitative estimate of drug-likeness (QED) is 0.921. The normalized spacial score (nSPS) is 39.5. The molecule has 1 aromatic rings. The summed E-state index contributed by atoms with van der Waals surface area (Å²) in [7, 11) is 0. The van der Waals surface area contributed by atoms with Gasteiger partial charge in [-0.1, -0.05) is 44.2 Å². The molecule has 130 valence electrons. The number of amides is 1. The van der Waals surface area contributed by atoms with Crippen molar-refractivity contribution in [3.8, 4) is 0 Å². The van der Waals surface area contributed by atoms with E-state index in [1.54, 1.807) is 6.92 Å². The van der Waals surface area contributed by atoms with Gasteiger partial charge >= 0.3 is 0 Å². The fourth-order valence-electron chi connectivity index (χ4n) is 6.16. The molecule has 2 bridgehead atoms. The summed E-state index contributed by atoms with van der Waals surface area (Å²) in [6.45, 7) is 7.19. The Balaban J connectivity index is 1.62. The van der Waals surface area contributed by atoms with Crippen LogP contribution in [0.1, 0.15) is 45.6 Å². The first-order valence-electron chi connectivity index (χ1n) is 9.36. The zero-order valence-corrected chi connectivity index (χ0v) is 15.0. The van der Waals surface area contributed by atoms with Crippen LogP contribution in [0.4, 0.5) is 0 Å². The van der Waals surface area contributed by atoms with Gasteiger partial charge in [-0.3, -0.25) is 4.79 Å². The van der Waals surface area contributed by atoms with E-state index >= 15 is 0 Å². The van der Waals surface area contributed by atoms with E-state index in [9.17, 15) is 4.79 Å². The topological polar surface area (TPSA) is 38.3 Å². The van der Waals surface area contributed by atoms with Gasteiger partial charge in [0.25, 0.3) is 0 Å². The summed E-state index contributed by atoms with van der Waals surface area (Å²) in [6, 6.07) is 11.0. The van der Waals surface area contributed by atoms with Crippen LogP contribution in [0, 0.1) is 22.7 Å². The Hall–Kier alpha value is -1.35. The number of carbonyl (C=O) groups excluding carboxylic acids is 1. The molecule has 24 heavy (non-hydrogen) atoms. The molecule has 1 aromatic carbocycles. The van der Waals surface area contributed by atoms with Crippen molar-refractivity contribution in [2.24, 2.45) is 22.7 Å². The molecule has 0 unspecified atom stereocenters. The highest BCUT2D eigenvalue weighted by Crippen LogP contribution is 2.68. The van der Waals surface area contributed by atoms with Crippen LogP contribution >= 0.6 is 0 Å². The van der Waals surface area contributed by atoms with Crippen molar-refractivity contribution in [2.75, 3.05) is 6.61 Å². The fraction of sp³-hybridized carbons (Fsp3) is 0.667. The Morgan fingerprint density at radius 2 is 2.04 bits per heavy atom. The molecule has 3 nitrogen and oxygen atoms in total. The van der Waals surface area contributed by atoms with Gasteiger partial charge in [0, 0.05) is 19.6 Å². The second-order valence-corrected chi connectivity index (χ2v) is 8.78. The van der Waals surface area contributed by atoms with Crippen LogP contribution in [0.3, 0.4) is 0 Å². The van der Waals surface area contributed by atoms with E-state index in [0.717, 1.165) is 19.4 Å². The lowest BCUT2D eigenvalue weighted by Gasteiger charge is -2.53. The standard InChI is InChI=1S/C21H29NO2/c1-14(23)22-19-20(2,3)16-12-17-18(11-15-7-5-4-6-8-15)24-10-9-21(17,19)13-16/h4-8,16-19H,9-13H2,1-3H3,(H,22,23)/t16-,17-,18-,19-,21-/m1/s1. The summed E-state index contributed by atoms with van der Waals surface area (Å²) in [5.41, 5.74) is 1.78. The Morgan fingerprint density at radius 3 is 2.75 bits per heavy atom. The highest BCUT2D eigenvalue weighted by Gasteiger charge is 2.68. The number of benzene rings is 1. The van der Waals surface area contributed by atoms with Crippen molar-refractivity contribution in [2.45, 2.75) is 58.6 Å². The number of ether oxygens (including phenoxy) is 1. The molecule has 5 atom stereocenters. The summed E-state index contributed by atoms with van der Waals surface area (Å²) in [4.78, 5) is 11.9. The molecule has 0 aromatic heterocycles. The van der Waals surface area contributed by atoms with Crippen LogP contribution in [-0.4, -0.2) is 24.7 Å². The first kappa shape index (κ1) is 16.1. The third-order valence-corrected chi connectivity index (χ3v) is 7.25. The Kier molecular flexibility index (Phi) is 3.76. The Labute approximate surface area is 145 Å². The maximum atomic E-state index is 11.9. The van der Waals surface area contributed by atoms with Gasteiger partial charge in [-0.25, -0.2) is 0 Å². The van der Waals surface area contributed by atoms with E-state index < -0.39 is 0 Å². The summed E-state index contributed by atoms with van der Waals surface area (Å²) < 4.78 is 6.25. The zero-order valence-electron chi connectivity index (χ0n) is 15.0. The number of fused-ring (bicyclic) bond motifs is 1. The van der Waals surface area contributed by atoms with E-state index in [2.05, 4.69) is 49.5 Å². The van der Waals surface area contributed by atoms with E-state index in [4.69, 9.17) is 4.74 Å². The van der Waals surface area contributed by atoms with E-state index in [1.807, 2.05) is 0 Å². The number of hydrogen-bond donors (Lipinski definition) is 1. The molecule has 3 fully saturated rings. The van der Waals surface area contributed by atoms with Gasteiger partial charge < -0.3 is 10.1 Å². The van der Waals surface area contributed by atoms with E-state index in [1.165, 1.54) is 18.4 Å². The van der Waals surface area contributed by atoms with Gasteiger partial charge in [0.05, 0.1) is 6.10 Å². The van der Waals surface area contributed by atoms with Gasteiger partial charge in [0.2, 0.25) is 5.91 Å². The highest BCUT2D eigenvalue weighted by atomic mass is 16.5. The predicted molar refractivity (Wildman–Crippen MR) is 94.5 cm³/mol. The zero-order chi connectivity index (χ0) is 16.9. The van der Waals surface area contributed by atoms with Crippen LogP contribution < -0.4 is 5.32 Å². The lowest BCUT2D eigenvalue weighted by Crippen LogP contribution is -2.60. The first-order chi connectivity index (χ1) is 11.4. The molecule has 2 aliphatic carbocycles. The molecule has 4 rings (SSSR count). The summed E-state index contributed by atoms with van der Waals surface area (Å²) in [6.07, 6.45) is 4.88. The number of nitrogens with one attached hydrogen (secondary N) is 1. The largest absolute Gasteiger partial charge is 0.378 e. The third-order valence-electron chi connectivity index (χ3n) is 7.25. The average Bonchev–Trinajstić information content (AvgIpc) is 3.02. The lowest BCUT2D eigenvalue weighted by atomic mass is 9.59. The van der Waals surface area contributed by atoms with Crippen molar-refractivity contribution < 1.29 is 9.53 Å². The maximum Gasteiger partial charge on any atom is 0.217 e. The van der Waals surface area contributed by atoms with Gasteiger partial charge in [-0.05, 0) is 53.9 Å². The number of rotatable bonds is 3. The minimum atomic E-state index is 0.111. The van der Waals surface area contributed by atoms with Crippen LogP contribution in [-0.2, 0) is 16.0 Å². The second kappa shape index (κ2) is 5.59. The molecule has 1 N–H and O–H groups in total. The fourth-order valence-corrected chi connectivity index (χ4v) is 6.16. The average molecular weight is 327 g/mol. The Morgan fingerprint density at radius 1 is 1.29 bits per heavy atom. The molecule has 2 saturated carbocycles. The molecular weight excluding hydrogens is 298 g/mol. The predicted octanol–water partition coefficient (Wildman–Crippen LogP) is 3.58. The summed E-state index contributed by atoms with van der Waals surface area (Å²) >= 11 is 0. The molecule has 1 aliphatic heterocycles. The van der Waals surface area contributed by atoms with Crippen LogP contribution in [0.5, 0.6) is 0 Å². The Bertz CT molecular complexity index is 626. The first-order valence-corrected chi connectivity index (χ1v) is 9.36. The molecule has 1 amide bonds. The smallest absolute Gasteiger partial charge is 0.217 e. The molecule has 0 radical (unpaired) electrons. The van der Waals surface area contributed by atoms with Crippen molar-refractivity contribution in [3.05, 3.63) is 35.9 Å². The van der Waals surface area contributed by atoms with Crippen LogP contribution in [0.25, 0.3) is 0 Å². The van der Waals surface area contributed by atoms with Crippen molar-refractivity contribution >= 4 is 5.91 Å². The van der Waals surface area contributed by atoms with Gasteiger partial charge in [-0.2, -0.15) is 0 Å². The third kappa shape index (κ3) is 2.32.